The van der Waals surface area contributed by atoms with Crippen molar-refractivity contribution < 1.29 is 18.8 Å². The van der Waals surface area contributed by atoms with Crippen LogP contribution >= 0.6 is 27.5 Å². The van der Waals surface area contributed by atoms with Crippen LogP contribution in [0, 0.1) is 0 Å². The summed E-state index contributed by atoms with van der Waals surface area (Å²) < 4.78 is 6.57. The van der Waals surface area contributed by atoms with Gasteiger partial charge in [-0.3, -0.25) is 14.9 Å². The van der Waals surface area contributed by atoms with Gasteiger partial charge in [0.25, 0.3) is 11.8 Å². The quantitative estimate of drug-likeness (QED) is 0.549. The summed E-state index contributed by atoms with van der Waals surface area (Å²) in [6.07, 6.45) is 3.51. The maximum Gasteiger partial charge on any atom is 0.335 e. The van der Waals surface area contributed by atoms with Crippen molar-refractivity contribution in [1.82, 2.24) is 5.32 Å². The first-order valence-electron chi connectivity index (χ1n) is 8.65. The summed E-state index contributed by atoms with van der Waals surface area (Å²) in [5.74, 6) is -0.516. The number of rotatable bonds is 3. The van der Waals surface area contributed by atoms with Gasteiger partial charge in [-0.15, -0.1) is 0 Å². The van der Waals surface area contributed by atoms with Crippen molar-refractivity contribution in [2.45, 2.75) is 12.8 Å². The summed E-state index contributed by atoms with van der Waals surface area (Å²) >= 11 is 9.42. The third-order valence-electron chi connectivity index (χ3n) is 4.54. The number of anilines is 2. The molecule has 7 nitrogen and oxygen atoms in total. The fourth-order valence-electron chi connectivity index (χ4n) is 3.23. The van der Waals surface area contributed by atoms with E-state index in [0.717, 1.165) is 35.3 Å². The Bertz CT molecular complexity index is 1010. The van der Waals surface area contributed by atoms with Gasteiger partial charge in [-0.1, -0.05) is 17.7 Å². The van der Waals surface area contributed by atoms with Gasteiger partial charge in [-0.05, 0) is 53.0 Å². The van der Waals surface area contributed by atoms with Crippen molar-refractivity contribution in [2.75, 3.05) is 22.9 Å². The number of nitrogens with zero attached hydrogens (tertiary/aromatic N) is 2. The predicted molar refractivity (Wildman–Crippen MR) is 108 cm³/mol. The minimum atomic E-state index is -0.826. The standard InChI is InChI=1S/C19H15BrClN3O4/c20-15-10-13(28-18(15)23-6-1-2-7-23)9-14-16(25)22-19(27)24(17(14)26)12-5-3-4-11(21)8-12/h3-5,8-10H,1-2,6-7H2,(H,22,25,27)/b14-9+. The first-order chi connectivity index (χ1) is 13.4. The summed E-state index contributed by atoms with van der Waals surface area (Å²) in [6, 6.07) is 7.14. The minimum absolute atomic E-state index is 0.200. The van der Waals surface area contributed by atoms with Gasteiger partial charge in [-0.25, -0.2) is 9.69 Å². The highest BCUT2D eigenvalue weighted by molar-refractivity contribution is 9.10. The molecule has 0 bridgehead atoms. The summed E-state index contributed by atoms with van der Waals surface area (Å²) in [7, 11) is 0. The smallest absolute Gasteiger partial charge is 0.335 e. The molecule has 28 heavy (non-hydrogen) atoms. The van der Waals surface area contributed by atoms with E-state index in [-0.39, 0.29) is 11.3 Å². The van der Waals surface area contributed by atoms with Crippen LogP contribution in [0.2, 0.25) is 5.02 Å². The molecule has 3 heterocycles. The lowest BCUT2D eigenvalue weighted by Gasteiger charge is -2.26. The number of carbonyl (C=O) groups excluding carboxylic acids is 3. The van der Waals surface area contributed by atoms with Crippen molar-refractivity contribution in [3.05, 3.63) is 51.2 Å². The number of furan rings is 1. The summed E-state index contributed by atoms with van der Waals surface area (Å²) in [5, 5.41) is 2.54. The van der Waals surface area contributed by atoms with Gasteiger partial charge in [0.15, 0.2) is 0 Å². The molecule has 4 rings (SSSR count). The second kappa shape index (κ2) is 7.44. The normalized spacial score (nSPS) is 18.9. The molecule has 0 spiro atoms. The third-order valence-corrected chi connectivity index (χ3v) is 5.34. The van der Waals surface area contributed by atoms with Crippen LogP contribution in [0.25, 0.3) is 6.08 Å². The lowest BCUT2D eigenvalue weighted by molar-refractivity contribution is -0.122. The number of hydrogen-bond donors (Lipinski definition) is 1. The Morgan fingerprint density at radius 3 is 2.61 bits per heavy atom. The summed E-state index contributed by atoms with van der Waals surface area (Å²) in [6.45, 7) is 1.77. The number of imide groups is 2. The first-order valence-corrected chi connectivity index (χ1v) is 9.82. The van der Waals surface area contributed by atoms with Crippen LogP contribution in [0.4, 0.5) is 16.4 Å². The number of carbonyl (C=O) groups is 3. The zero-order chi connectivity index (χ0) is 19.8. The van der Waals surface area contributed by atoms with Crippen molar-refractivity contribution in [3.63, 3.8) is 0 Å². The second-order valence-electron chi connectivity index (χ2n) is 6.43. The Labute approximate surface area is 174 Å². The molecule has 2 aliphatic rings. The predicted octanol–water partition coefficient (Wildman–Crippen LogP) is 3.96. The van der Waals surface area contributed by atoms with Crippen LogP contribution in [0.1, 0.15) is 18.6 Å². The Hall–Kier alpha value is -2.58. The number of amides is 4. The molecule has 144 valence electrons. The van der Waals surface area contributed by atoms with E-state index in [1.165, 1.54) is 12.1 Å². The van der Waals surface area contributed by atoms with Gasteiger partial charge >= 0.3 is 6.03 Å². The molecule has 0 radical (unpaired) electrons. The van der Waals surface area contributed by atoms with Crippen LogP contribution in [0.3, 0.4) is 0 Å². The van der Waals surface area contributed by atoms with Crippen LogP contribution in [0.15, 0.2) is 44.8 Å². The lowest BCUT2D eigenvalue weighted by Crippen LogP contribution is -2.54. The van der Waals surface area contributed by atoms with Crippen molar-refractivity contribution >= 4 is 63.0 Å². The molecule has 0 aliphatic carbocycles. The number of nitrogens with one attached hydrogen (secondary N) is 1. The SMILES string of the molecule is O=C1NC(=O)N(c2cccc(Cl)c2)C(=O)/C1=C/c1cc(Br)c(N2CCCC2)o1. The summed E-state index contributed by atoms with van der Waals surface area (Å²) in [4.78, 5) is 40.3. The Balaban J connectivity index is 1.68. The number of urea groups is 1. The highest BCUT2D eigenvalue weighted by Crippen LogP contribution is 2.34. The average Bonchev–Trinajstić information content (AvgIpc) is 3.28. The molecular weight excluding hydrogens is 450 g/mol. The third kappa shape index (κ3) is 3.45. The number of halogens is 2. The van der Waals surface area contributed by atoms with Crippen LogP contribution in [0.5, 0.6) is 0 Å². The molecule has 2 aromatic rings. The van der Waals surface area contributed by atoms with Crippen molar-refractivity contribution in [1.29, 1.82) is 0 Å². The number of hydrogen-bond acceptors (Lipinski definition) is 5. The van der Waals surface area contributed by atoms with E-state index in [0.29, 0.717) is 16.7 Å². The van der Waals surface area contributed by atoms with E-state index in [1.54, 1.807) is 24.3 Å². The molecule has 1 N–H and O–H groups in total. The minimum Gasteiger partial charge on any atom is -0.440 e. The first kappa shape index (κ1) is 18.8. The molecule has 2 aliphatic heterocycles. The molecule has 0 unspecified atom stereocenters. The van der Waals surface area contributed by atoms with E-state index >= 15 is 0 Å². The maximum absolute atomic E-state index is 12.9. The fourth-order valence-corrected chi connectivity index (χ4v) is 3.97. The topological polar surface area (TPSA) is 82.9 Å². The van der Waals surface area contributed by atoms with E-state index in [2.05, 4.69) is 26.1 Å². The van der Waals surface area contributed by atoms with Gasteiger partial charge in [0.05, 0.1) is 10.2 Å². The molecule has 0 atom stereocenters. The Kier molecular flexibility index (Phi) is 4.99. The van der Waals surface area contributed by atoms with Gasteiger partial charge in [0.2, 0.25) is 5.88 Å². The van der Waals surface area contributed by atoms with Gasteiger partial charge in [-0.2, -0.15) is 0 Å². The Morgan fingerprint density at radius 2 is 1.89 bits per heavy atom. The zero-order valence-corrected chi connectivity index (χ0v) is 16.9. The molecule has 2 fully saturated rings. The molecule has 1 aromatic carbocycles. The van der Waals surface area contributed by atoms with Crippen LogP contribution < -0.4 is 15.1 Å². The maximum atomic E-state index is 12.9. The zero-order valence-electron chi connectivity index (χ0n) is 14.6. The van der Waals surface area contributed by atoms with E-state index in [9.17, 15) is 14.4 Å². The molecular formula is C19H15BrClN3O4. The molecule has 1 aromatic heterocycles. The lowest BCUT2D eigenvalue weighted by atomic mass is 10.1. The van der Waals surface area contributed by atoms with Crippen molar-refractivity contribution in [3.8, 4) is 0 Å². The van der Waals surface area contributed by atoms with E-state index in [1.807, 2.05) is 0 Å². The number of barbiturate groups is 1. The van der Waals surface area contributed by atoms with Gasteiger partial charge < -0.3 is 9.32 Å². The van der Waals surface area contributed by atoms with Crippen molar-refractivity contribution in [2.24, 2.45) is 0 Å². The van der Waals surface area contributed by atoms with E-state index < -0.39 is 17.8 Å². The largest absolute Gasteiger partial charge is 0.440 e. The van der Waals surface area contributed by atoms with E-state index in [4.69, 9.17) is 16.0 Å². The van der Waals surface area contributed by atoms with Gasteiger partial charge in [0.1, 0.15) is 11.3 Å². The van der Waals surface area contributed by atoms with Gasteiger partial charge in [0, 0.05) is 24.2 Å². The van der Waals surface area contributed by atoms with Crippen LogP contribution in [-0.4, -0.2) is 30.9 Å². The Morgan fingerprint density at radius 1 is 1.14 bits per heavy atom. The molecule has 2 saturated heterocycles. The molecule has 4 amide bonds. The average molecular weight is 465 g/mol. The highest BCUT2D eigenvalue weighted by Gasteiger charge is 2.37. The van der Waals surface area contributed by atoms with Crippen LogP contribution in [-0.2, 0) is 9.59 Å². The highest BCUT2D eigenvalue weighted by atomic mass is 79.9. The molecule has 9 heteroatoms. The second-order valence-corrected chi connectivity index (χ2v) is 7.72. The molecule has 0 saturated carbocycles. The monoisotopic (exact) mass is 463 g/mol. The summed E-state index contributed by atoms with van der Waals surface area (Å²) in [5.41, 5.74) is 0.0700. The fraction of sp³-hybridized carbons (Fsp3) is 0.211. The number of benzene rings is 1.